The molecule has 11 heteroatoms. The molecule has 1 saturated heterocycles. The van der Waals surface area contributed by atoms with E-state index in [4.69, 9.17) is 10.6 Å². The molecule has 0 aliphatic carbocycles. The Balaban J connectivity index is 2.48. The topological polar surface area (TPSA) is 183 Å². The van der Waals surface area contributed by atoms with Crippen molar-refractivity contribution in [2.75, 3.05) is 0 Å². The van der Waals surface area contributed by atoms with Crippen molar-refractivity contribution in [3.8, 4) is 0 Å². The number of hydrogen-bond donors (Lipinski definition) is 3. The molecule has 1 aliphatic rings. The van der Waals surface area contributed by atoms with Crippen molar-refractivity contribution < 1.29 is 34.3 Å². The summed E-state index contributed by atoms with van der Waals surface area (Å²) < 4.78 is 0. The van der Waals surface area contributed by atoms with E-state index in [0.29, 0.717) is 5.56 Å². The van der Waals surface area contributed by atoms with Crippen molar-refractivity contribution in [1.82, 2.24) is 5.32 Å². The molecule has 1 fully saturated rings. The highest BCUT2D eigenvalue weighted by atomic mass is 16.6. The monoisotopic (exact) mass is 390 g/mol. The minimum absolute atomic E-state index is 0.121. The third kappa shape index (κ3) is 3.66. The Bertz CT molecular complexity index is 889. The van der Waals surface area contributed by atoms with Gasteiger partial charge in [0.2, 0.25) is 5.91 Å². The van der Waals surface area contributed by atoms with Crippen LogP contribution in [0.4, 0.5) is 5.69 Å². The Kier molecular flexibility index (Phi) is 5.72. The number of aliphatic hydroxyl groups excluding tert-OH is 1. The Labute approximate surface area is 158 Å². The zero-order valence-corrected chi connectivity index (χ0v) is 15.0. The number of aliphatic carboxylic acids is 1. The van der Waals surface area contributed by atoms with Crippen LogP contribution in [0, 0.1) is 21.4 Å². The van der Waals surface area contributed by atoms with E-state index in [0.717, 1.165) is 0 Å². The van der Waals surface area contributed by atoms with Gasteiger partial charge in [-0.15, -0.1) is 0 Å². The number of aliphatic hydroxyl groups is 1. The fourth-order valence-corrected chi connectivity index (χ4v) is 3.39. The minimum atomic E-state index is -1.75. The number of carboxylic acids is 1. The lowest BCUT2D eigenvalue weighted by Crippen LogP contribution is -2.70. The SMILES string of the molecule is CC(O)[C@H]1C(=O)N[C@H]1C(C)(Cc1ccc([N+](=O)[O-])cc1)C(=O)C(=[N+]=[N-])C(=O)O. The van der Waals surface area contributed by atoms with E-state index < -0.39 is 51.8 Å². The van der Waals surface area contributed by atoms with Crippen molar-refractivity contribution in [3.63, 3.8) is 0 Å². The Morgan fingerprint density at radius 1 is 1.39 bits per heavy atom. The van der Waals surface area contributed by atoms with Crippen LogP contribution in [-0.4, -0.2) is 55.4 Å². The molecule has 2 rings (SSSR count). The Morgan fingerprint density at radius 3 is 2.36 bits per heavy atom. The largest absolute Gasteiger partial charge is 0.472 e. The summed E-state index contributed by atoms with van der Waals surface area (Å²) in [6.07, 6.45) is -1.23. The number of non-ortho nitro benzene ring substituents is 1. The summed E-state index contributed by atoms with van der Waals surface area (Å²) in [5, 5.41) is 32.3. The van der Waals surface area contributed by atoms with Gasteiger partial charge >= 0.3 is 11.7 Å². The summed E-state index contributed by atoms with van der Waals surface area (Å²) in [6, 6.07) is 4.32. The number of nitro benzene ring substituents is 1. The molecule has 4 atom stereocenters. The second kappa shape index (κ2) is 7.67. The van der Waals surface area contributed by atoms with E-state index in [-0.39, 0.29) is 12.1 Å². The number of nitro groups is 1. The van der Waals surface area contributed by atoms with Crippen molar-refractivity contribution >= 4 is 29.1 Å². The molecule has 0 saturated carbocycles. The summed E-state index contributed by atoms with van der Waals surface area (Å²) in [5.74, 6) is -4.26. The lowest BCUT2D eigenvalue weighted by atomic mass is 9.63. The summed E-state index contributed by atoms with van der Waals surface area (Å²) >= 11 is 0. The number of carbonyl (C=O) groups excluding carboxylic acids is 2. The number of ketones is 1. The number of benzene rings is 1. The van der Waals surface area contributed by atoms with Gasteiger partial charge in [-0.3, -0.25) is 19.7 Å². The van der Waals surface area contributed by atoms with Crippen LogP contribution in [0.25, 0.3) is 5.53 Å². The molecule has 11 nitrogen and oxygen atoms in total. The number of β-lactam (4-membered cyclic amide) rings is 1. The first kappa shape index (κ1) is 20.9. The zero-order chi connectivity index (χ0) is 21.2. The van der Waals surface area contributed by atoms with Crippen molar-refractivity contribution in [2.45, 2.75) is 32.4 Å². The molecule has 0 aromatic heterocycles. The van der Waals surface area contributed by atoms with E-state index in [1.54, 1.807) is 0 Å². The molecule has 1 aliphatic heterocycles. The predicted octanol–water partition coefficient (Wildman–Crippen LogP) is -0.0365. The molecule has 28 heavy (non-hydrogen) atoms. The molecule has 0 spiro atoms. The number of nitrogens with zero attached hydrogens (tertiary/aromatic N) is 3. The first-order chi connectivity index (χ1) is 13.0. The highest BCUT2D eigenvalue weighted by molar-refractivity contribution is 6.63. The van der Waals surface area contributed by atoms with Gasteiger partial charge in [0, 0.05) is 12.1 Å². The number of amides is 1. The second-order valence-electron chi connectivity index (χ2n) is 6.85. The van der Waals surface area contributed by atoms with Crippen molar-refractivity contribution in [2.24, 2.45) is 11.3 Å². The van der Waals surface area contributed by atoms with Gasteiger partial charge in [-0.2, -0.15) is 4.79 Å². The van der Waals surface area contributed by atoms with Crippen molar-refractivity contribution in [3.05, 3.63) is 45.5 Å². The quantitative estimate of drug-likeness (QED) is 0.106. The van der Waals surface area contributed by atoms with Crippen LogP contribution in [0.3, 0.4) is 0 Å². The first-order valence-corrected chi connectivity index (χ1v) is 8.25. The molecule has 2 unspecified atom stereocenters. The summed E-state index contributed by atoms with van der Waals surface area (Å²) in [4.78, 5) is 48.8. The number of nitrogens with one attached hydrogen (secondary N) is 1. The Hall–Kier alpha value is -3.43. The van der Waals surface area contributed by atoms with Gasteiger partial charge < -0.3 is 21.1 Å². The number of rotatable bonds is 8. The van der Waals surface area contributed by atoms with Gasteiger partial charge in [0.05, 0.1) is 28.4 Å². The minimum Gasteiger partial charge on any atom is -0.472 e. The van der Waals surface area contributed by atoms with E-state index in [1.807, 2.05) is 0 Å². The molecule has 0 radical (unpaired) electrons. The van der Waals surface area contributed by atoms with Gasteiger partial charge in [0.15, 0.2) is 0 Å². The molecule has 148 valence electrons. The average Bonchev–Trinajstić information content (AvgIpc) is 2.59. The van der Waals surface area contributed by atoms with Crippen LogP contribution in [-0.2, 0) is 20.8 Å². The third-order valence-electron chi connectivity index (χ3n) is 4.92. The predicted molar refractivity (Wildman–Crippen MR) is 93.3 cm³/mol. The molecular weight excluding hydrogens is 372 g/mol. The second-order valence-corrected chi connectivity index (χ2v) is 6.85. The highest BCUT2D eigenvalue weighted by Crippen LogP contribution is 2.38. The van der Waals surface area contributed by atoms with Gasteiger partial charge in [0.25, 0.3) is 11.5 Å². The maximum atomic E-state index is 12.9. The summed E-state index contributed by atoms with van der Waals surface area (Å²) in [6.45, 7) is 2.75. The molecule has 3 N–H and O–H groups in total. The normalized spacial score (nSPS) is 21.3. The summed E-state index contributed by atoms with van der Waals surface area (Å²) in [7, 11) is 0. The zero-order valence-electron chi connectivity index (χ0n) is 15.0. The van der Waals surface area contributed by atoms with Crippen LogP contribution < -0.4 is 5.32 Å². The average molecular weight is 390 g/mol. The smallest absolute Gasteiger partial charge is 0.441 e. The van der Waals surface area contributed by atoms with Crippen LogP contribution >= 0.6 is 0 Å². The molecule has 1 heterocycles. The standard InChI is InChI=1S/C17H18N4O7/c1-8(22)11-13(19-15(11)24)17(2,14(23)12(20-18)16(25)26)7-9-3-5-10(6-4-9)21(27)28/h3-6,8,11,13,22H,7H2,1-2H3,(H,19,24)(H,25,26)/t8?,11-,13-,17?/m1/s1. The maximum absolute atomic E-state index is 12.9. The van der Waals surface area contributed by atoms with Crippen LogP contribution in [0.2, 0.25) is 0 Å². The first-order valence-electron chi connectivity index (χ1n) is 8.25. The summed E-state index contributed by atoms with van der Waals surface area (Å²) in [5.41, 5.74) is 6.55. The van der Waals surface area contributed by atoms with Gasteiger partial charge in [-0.05, 0) is 25.8 Å². The van der Waals surface area contributed by atoms with E-state index in [2.05, 4.69) is 10.1 Å². The van der Waals surface area contributed by atoms with E-state index >= 15 is 0 Å². The number of hydrogen-bond acceptors (Lipinski definition) is 6. The fraction of sp³-hybridized carbons (Fsp3) is 0.412. The molecule has 1 amide bonds. The number of carboxylic acid groups (broad SMARTS) is 1. The number of Topliss-reactive ketones (excluding diaryl/α,β-unsaturated/α-hetero) is 1. The molecular formula is C17H18N4O7. The maximum Gasteiger partial charge on any atom is 0.441 e. The number of carbonyl (C=O) groups is 3. The van der Waals surface area contributed by atoms with Crippen LogP contribution in [0.5, 0.6) is 0 Å². The fourth-order valence-electron chi connectivity index (χ4n) is 3.39. The van der Waals surface area contributed by atoms with Crippen LogP contribution in [0.1, 0.15) is 19.4 Å². The van der Waals surface area contributed by atoms with Crippen LogP contribution in [0.15, 0.2) is 24.3 Å². The van der Waals surface area contributed by atoms with Gasteiger partial charge in [-0.1, -0.05) is 12.1 Å². The third-order valence-corrected chi connectivity index (χ3v) is 4.92. The van der Waals surface area contributed by atoms with E-state index in [1.165, 1.54) is 38.1 Å². The van der Waals surface area contributed by atoms with Gasteiger partial charge in [0.1, 0.15) is 0 Å². The van der Waals surface area contributed by atoms with Gasteiger partial charge in [-0.25, -0.2) is 4.79 Å². The lowest BCUT2D eigenvalue weighted by Gasteiger charge is -2.47. The molecule has 0 bridgehead atoms. The molecule has 1 aromatic rings. The molecule has 1 aromatic carbocycles. The lowest BCUT2D eigenvalue weighted by molar-refractivity contribution is -0.384. The van der Waals surface area contributed by atoms with Crippen molar-refractivity contribution in [1.29, 1.82) is 0 Å². The Morgan fingerprint density at radius 2 is 1.96 bits per heavy atom. The highest BCUT2D eigenvalue weighted by Gasteiger charge is 2.58. The van der Waals surface area contributed by atoms with E-state index in [9.17, 15) is 29.6 Å².